The standard InChI is InChI=1S/C24H16N2O4/c27-25(28)19-12-10-18(11-13-19)22-15-14-20(26(29)30)16-24(22)23-9-5-4-8-21(23)17-6-2-1-3-7-17/h1-16H. The van der Waals surface area contributed by atoms with Crippen LogP contribution in [-0.2, 0) is 0 Å². The lowest BCUT2D eigenvalue weighted by atomic mass is 9.89. The Balaban J connectivity index is 1.95. The van der Waals surface area contributed by atoms with Crippen molar-refractivity contribution < 1.29 is 9.85 Å². The molecule has 146 valence electrons. The second-order valence-corrected chi connectivity index (χ2v) is 6.70. The molecule has 0 aliphatic carbocycles. The molecule has 0 saturated heterocycles. The van der Waals surface area contributed by atoms with Crippen LogP contribution in [0, 0.1) is 20.2 Å². The van der Waals surface area contributed by atoms with Crippen molar-refractivity contribution in [1.29, 1.82) is 0 Å². The molecule has 0 fully saturated rings. The summed E-state index contributed by atoms with van der Waals surface area (Å²) in [5.41, 5.74) is 4.96. The Morgan fingerprint density at radius 2 is 0.967 bits per heavy atom. The van der Waals surface area contributed by atoms with Crippen molar-refractivity contribution in [3.8, 4) is 33.4 Å². The average molecular weight is 396 g/mol. The summed E-state index contributed by atoms with van der Waals surface area (Å²) in [6, 6.07) is 28.4. The summed E-state index contributed by atoms with van der Waals surface area (Å²) in [5, 5.41) is 22.4. The van der Waals surface area contributed by atoms with Crippen molar-refractivity contribution >= 4 is 11.4 Å². The minimum Gasteiger partial charge on any atom is -0.258 e. The molecule has 0 unspecified atom stereocenters. The van der Waals surface area contributed by atoms with Crippen LogP contribution in [0.4, 0.5) is 11.4 Å². The van der Waals surface area contributed by atoms with Crippen LogP contribution in [-0.4, -0.2) is 9.85 Å². The Hall–Kier alpha value is -4.32. The highest BCUT2D eigenvalue weighted by Crippen LogP contribution is 2.40. The maximum Gasteiger partial charge on any atom is 0.270 e. The monoisotopic (exact) mass is 396 g/mol. The minimum absolute atomic E-state index is 0.00750. The number of hydrogen-bond donors (Lipinski definition) is 0. The third kappa shape index (κ3) is 3.66. The summed E-state index contributed by atoms with van der Waals surface area (Å²) >= 11 is 0. The van der Waals surface area contributed by atoms with Gasteiger partial charge in [-0.05, 0) is 51.6 Å². The second kappa shape index (κ2) is 7.97. The molecule has 0 amide bonds. The first-order chi connectivity index (χ1) is 14.5. The van der Waals surface area contributed by atoms with Crippen LogP contribution in [0.1, 0.15) is 0 Å². The van der Waals surface area contributed by atoms with Gasteiger partial charge in [-0.2, -0.15) is 0 Å². The molecule has 4 rings (SSSR count). The Morgan fingerprint density at radius 3 is 1.60 bits per heavy atom. The smallest absolute Gasteiger partial charge is 0.258 e. The number of nitro groups is 2. The average Bonchev–Trinajstić information content (AvgIpc) is 2.79. The third-order valence-electron chi connectivity index (χ3n) is 4.91. The van der Waals surface area contributed by atoms with E-state index in [1.807, 2.05) is 54.6 Å². The van der Waals surface area contributed by atoms with Gasteiger partial charge >= 0.3 is 0 Å². The van der Waals surface area contributed by atoms with Crippen LogP contribution in [0.2, 0.25) is 0 Å². The lowest BCUT2D eigenvalue weighted by Crippen LogP contribution is -1.93. The van der Waals surface area contributed by atoms with Gasteiger partial charge in [-0.3, -0.25) is 20.2 Å². The van der Waals surface area contributed by atoms with E-state index in [0.717, 1.165) is 27.8 Å². The molecular weight excluding hydrogens is 380 g/mol. The van der Waals surface area contributed by atoms with Crippen LogP contribution >= 0.6 is 0 Å². The van der Waals surface area contributed by atoms with Gasteiger partial charge in [0.2, 0.25) is 0 Å². The fourth-order valence-corrected chi connectivity index (χ4v) is 3.47. The molecule has 0 saturated carbocycles. The molecule has 6 nitrogen and oxygen atoms in total. The van der Waals surface area contributed by atoms with Crippen LogP contribution in [0.5, 0.6) is 0 Å². The molecular formula is C24H16N2O4. The van der Waals surface area contributed by atoms with Gasteiger partial charge in [0, 0.05) is 24.3 Å². The number of benzene rings is 4. The van der Waals surface area contributed by atoms with Crippen molar-refractivity contribution in [3.05, 3.63) is 117 Å². The molecule has 0 heterocycles. The van der Waals surface area contributed by atoms with E-state index in [4.69, 9.17) is 0 Å². The Kier molecular flexibility index (Phi) is 5.05. The van der Waals surface area contributed by atoms with E-state index in [0.29, 0.717) is 5.56 Å². The zero-order valence-corrected chi connectivity index (χ0v) is 15.8. The zero-order valence-electron chi connectivity index (χ0n) is 15.8. The molecule has 0 N–H and O–H groups in total. The van der Waals surface area contributed by atoms with Crippen molar-refractivity contribution in [2.24, 2.45) is 0 Å². The van der Waals surface area contributed by atoms with Gasteiger partial charge < -0.3 is 0 Å². The maximum absolute atomic E-state index is 11.4. The lowest BCUT2D eigenvalue weighted by Gasteiger charge is -2.14. The van der Waals surface area contributed by atoms with Crippen molar-refractivity contribution in [2.45, 2.75) is 0 Å². The quantitative estimate of drug-likeness (QED) is 0.284. The van der Waals surface area contributed by atoms with Gasteiger partial charge in [-0.25, -0.2) is 0 Å². The molecule has 0 radical (unpaired) electrons. The molecule has 4 aromatic rings. The Bertz CT molecular complexity index is 1240. The summed E-state index contributed by atoms with van der Waals surface area (Å²) in [7, 11) is 0. The lowest BCUT2D eigenvalue weighted by molar-refractivity contribution is -0.385. The second-order valence-electron chi connectivity index (χ2n) is 6.70. The highest BCUT2D eigenvalue weighted by atomic mass is 16.6. The van der Waals surface area contributed by atoms with E-state index >= 15 is 0 Å². The topological polar surface area (TPSA) is 86.3 Å². The van der Waals surface area contributed by atoms with Crippen molar-refractivity contribution in [3.63, 3.8) is 0 Å². The van der Waals surface area contributed by atoms with E-state index in [9.17, 15) is 20.2 Å². The highest BCUT2D eigenvalue weighted by molar-refractivity contribution is 5.92. The van der Waals surface area contributed by atoms with Gasteiger partial charge in [0.05, 0.1) is 9.85 Å². The predicted octanol–water partition coefficient (Wildman–Crippen LogP) is 6.50. The van der Waals surface area contributed by atoms with Crippen molar-refractivity contribution in [2.75, 3.05) is 0 Å². The number of hydrogen-bond acceptors (Lipinski definition) is 4. The summed E-state index contributed by atoms with van der Waals surface area (Å²) in [6.45, 7) is 0. The minimum atomic E-state index is -0.453. The van der Waals surface area contributed by atoms with E-state index in [1.54, 1.807) is 24.3 Å². The first-order valence-electron chi connectivity index (χ1n) is 9.22. The SMILES string of the molecule is O=[N+]([O-])c1ccc(-c2ccc([N+](=O)[O-])cc2-c2ccccc2-c2ccccc2)cc1. The molecule has 0 atom stereocenters. The van der Waals surface area contributed by atoms with Crippen LogP contribution < -0.4 is 0 Å². The Labute approximate surface area is 172 Å². The van der Waals surface area contributed by atoms with E-state index < -0.39 is 9.85 Å². The number of rotatable bonds is 5. The predicted molar refractivity (Wildman–Crippen MR) is 116 cm³/mol. The van der Waals surface area contributed by atoms with Gasteiger partial charge in [0.25, 0.3) is 11.4 Å². The number of nitro benzene ring substituents is 2. The molecule has 0 bridgehead atoms. The van der Waals surface area contributed by atoms with E-state index in [1.165, 1.54) is 18.2 Å². The molecule has 0 aliphatic heterocycles. The van der Waals surface area contributed by atoms with Crippen LogP contribution in [0.25, 0.3) is 33.4 Å². The molecule has 6 heteroatoms. The van der Waals surface area contributed by atoms with E-state index in [2.05, 4.69) is 0 Å². The summed E-state index contributed by atoms with van der Waals surface area (Å²) in [6.07, 6.45) is 0. The summed E-state index contributed by atoms with van der Waals surface area (Å²) in [5.74, 6) is 0. The fourth-order valence-electron chi connectivity index (χ4n) is 3.47. The summed E-state index contributed by atoms with van der Waals surface area (Å²) in [4.78, 5) is 21.6. The van der Waals surface area contributed by atoms with Gasteiger partial charge in [-0.15, -0.1) is 0 Å². The van der Waals surface area contributed by atoms with Gasteiger partial charge in [0.1, 0.15) is 0 Å². The normalized spacial score (nSPS) is 10.5. The van der Waals surface area contributed by atoms with E-state index in [-0.39, 0.29) is 11.4 Å². The summed E-state index contributed by atoms with van der Waals surface area (Å²) < 4.78 is 0. The first-order valence-corrected chi connectivity index (χ1v) is 9.22. The maximum atomic E-state index is 11.4. The number of nitrogens with zero attached hydrogens (tertiary/aromatic N) is 2. The molecule has 0 aromatic heterocycles. The Morgan fingerprint density at radius 1 is 0.467 bits per heavy atom. The third-order valence-corrected chi connectivity index (χ3v) is 4.91. The molecule has 30 heavy (non-hydrogen) atoms. The number of non-ortho nitro benzene ring substituents is 2. The first kappa shape index (κ1) is 19.0. The van der Waals surface area contributed by atoms with Gasteiger partial charge in [0.15, 0.2) is 0 Å². The largest absolute Gasteiger partial charge is 0.270 e. The van der Waals surface area contributed by atoms with Crippen LogP contribution in [0.15, 0.2) is 97.1 Å². The van der Waals surface area contributed by atoms with Gasteiger partial charge in [-0.1, -0.05) is 54.6 Å². The molecule has 0 spiro atoms. The molecule has 4 aromatic carbocycles. The molecule has 0 aliphatic rings. The van der Waals surface area contributed by atoms with Crippen molar-refractivity contribution in [1.82, 2.24) is 0 Å². The zero-order chi connectivity index (χ0) is 21.1. The fraction of sp³-hybridized carbons (Fsp3) is 0. The van der Waals surface area contributed by atoms with Crippen LogP contribution in [0.3, 0.4) is 0 Å². The highest BCUT2D eigenvalue weighted by Gasteiger charge is 2.17.